The van der Waals surface area contributed by atoms with Crippen molar-refractivity contribution in [2.45, 2.75) is 26.4 Å². The molecular formula is C15H19N3O2. The fourth-order valence-electron chi connectivity index (χ4n) is 2.62. The number of aliphatic hydroxyl groups excluding tert-OH is 1. The van der Waals surface area contributed by atoms with E-state index < -0.39 is 0 Å². The van der Waals surface area contributed by atoms with Crippen LogP contribution in [-0.4, -0.2) is 39.5 Å². The lowest BCUT2D eigenvalue weighted by Crippen LogP contribution is -2.21. The number of nitrogens with zero attached hydrogens (tertiary/aromatic N) is 3. The van der Waals surface area contributed by atoms with Crippen molar-refractivity contribution in [2.75, 3.05) is 18.0 Å². The van der Waals surface area contributed by atoms with E-state index in [4.69, 9.17) is 0 Å². The third kappa shape index (κ3) is 2.18. The molecule has 3 heterocycles. The first-order valence-corrected chi connectivity index (χ1v) is 7.00. The number of ketones is 1. The number of pyridine rings is 1. The van der Waals surface area contributed by atoms with Crippen LogP contribution in [0.2, 0.25) is 0 Å². The van der Waals surface area contributed by atoms with Crippen molar-refractivity contribution in [2.24, 2.45) is 5.92 Å². The van der Waals surface area contributed by atoms with Crippen LogP contribution < -0.4 is 4.90 Å². The highest BCUT2D eigenvalue weighted by atomic mass is 16.3. The number of hydrogen-bond donors (Lipinski definition) is 1. The maximum Gasteiger partial charge on any atom is 0.183 e. The molecular weight excluding hydrogens is 254 g/mol. The summed E-state index contributed by atoms with van der Waals surface area (Å²) in [6, 6.07) is 3.94. The smallest absolute Gasteiger partial charge is 0.183 e. The third-order valence-corrected chi connectivity index (χ3v) is 3.80. The first-order chi connectivity index (χ1) is 9.56. The molecule has 1 aliphatic rings. The third-order valence-electron chi connectivity index (χ3n) is 3.80. The minimum atomic E-state index is -0.246. The minimum Gasteiger partial charge on any atom is -0.391 e. The monoisotopic (exact) mass is 273 g/mol. The van der Waals surface area contributed by atoms with Gasteiger partial charge in [0.25, 0.3) is 0 Å². The molecule has 0 unspecified atom stereocenters. The predicted molar refractivity (Wildman–Crippen MR) is 77.2 cm³/mol. The fraction of sp³-hybridized carbons (Fsp3) is 0.467. The normalized spacial score (nSPS) is 19.2. The molecule has 0 bridgehead atoms. The van der Waals surface area contributed by atoms with Crippen LogP contribution in [0.3, 0.4) is 0 Å². The number of carbonyl (C=O) groups excluding carboxylic acids is 1. The Bertz CT molecular complexity index is 648. The molecule has 106 valence electrons. The zero-order valence-corrected chi connectivity index (χ0v) is 11.8. The van der Waals surface area contributed by atoms with Gasteiger partial charge in [-0.25, -0.2) is 4.98 Å². The van der Waals surface area contributed by atoms with Crippen LogP contribution in [0.5, 0.6) is 0 Å². The van der Waals surface area contributed by atoms with Gasteiger partial charge in [0, 0.05) is 37.0 Å². The zero-order chi connectivity index (χ0) is 14.3. The van der Waals surface area contributed by atoms with E-state index in [2.05, 4.69) is 9.88 Å². The molecule has 1 N–H and O–H groups in total. The lowest BCUT2D eigenvalue weighted by molar-refractivity contribution is 0.0933. The molecule has 0 amide bonds. The van der Waals surface area contributed by atoms with Crippen LogP contribution >= 0.6 is 0 Å². The summed E-state index contributed by atoms with van der Waals surface area (Å²) < 4.78 is 1.83. The summed E-state index contributed by atoms with van der Waals surface area (Å²) in [5.74, 6) is 0.0603. The lowest BCUT2D eigenvalue weighted by Gasteiger charge is -2.17. The van der Waals surface area contributed by atoms with Crippen molar-refractivity contribution in [1.82, 2.24) is 9.38 Å². The van der Waals surface area contributed by atoms with Crippen molar-refractivity contribution in [3.8, 4) is 0 Å². The zero-order valence-electron chi connectivity index (χ0n) is 11.8. The Hall–Kier alpha value is -1.88. The van der Waals surface area contributed by atoms with Crippen LogP contribution in [0.15, 0.2) is 24.5 Å². The highest BCUT2D eigenvalue weighted by molar-refractivity contribution is 5.96. The standard InChI is InChI=1S/C15H19N3O2/c1-10(2)15(20)13-8-16-14-7-11(3-6-18(13)14)17-5-4-12(19)9-17/h3,6-8,10,12,19H,4-5,9H2,1-2H3/t12-/m1/s1. The number of aliphatic hydroxyl groups is 1. The summed E-state index contributed by atoms with van der Waals surface area (Å²) in [4.78, 5) is 18.6. The molecule has 5 nitrogen and oxygen atoms in total. The first-order valence-electron chi connectivity index (χ1n) is 7.00. The molecule has 1 fully saturated rings. The van der Waals surface area contributed by atoms with Crippen molar-refractivity contribution in [3.05, 3.63) is 30.2 Å². The van der Waals surface area contributed by atoms with E-state index in [0.717, 1.165) is 24.3 Å². The van der Waals surface area contributed by atoms with Gasteiger partial charge in [0.2, 0.25) is 0 Å². The molecule has 5 heteroatoms. The van der Waals surface area contributed by atoms with Gasteiger partial charge in [-0.2, -0.15) is 0 Å². The van der Waals surface area contributed by atoms with E-state index >= 15 is 0 Å². The van der Waals surface area contributed by atoms with Crippen LogP contribution in [-0.2, 0) is 0 Å². The van der Waals surface area contributed by atoms with Gasteiger partial charge >= 0.3 is 0 Å². The molecule has 0 aromatic carbocycles. The van der Waals surface area contributed by atoms with Crippen LogP contribution in [0, 0.1) is 5.92 Å². The molecule has 2 aromatic rings. The molecule has 1 aliphatic heterocycles. The van der Waals surface area contributed by atoms with Gasteiger partial charge in [-0.15, -0.1) is 0 Å². The number of β-amino-alcohol motifs (C(OH)–C–C–N with tert-alkyl or cyclic N) is 1. The molecule has 0 aliphatic carbocycles. The fourth-order valence-corrected chi connectivity index (χ4v) is 2.62. The summed E-state index contributed by atoms with van der Waals surface area (Å²) in [5, 5.41) is 9.60. The SMILES string of the molecule is CC(C)C(=O)c1cnc2cc(N3CC[C@@H](O)C3)ccn12. The van der Waals surface area contributed by atoms with Crippen molar-refractivity contribution >= 4 is 17.1 Å². The van der Waals surface area contributed by atoms with Crippen molar-refractivity contribution < 1.29 is 9.90 Å². The average Bonchev–Trinajstić information content (AvgIpc) is 3.03. The number of hydrogen-bond acceptors (Lipinski definition) is 4. The minimum absolute atomic E-state index is 0.0386. The Labute approximate surface area is 117 Å². The first kappa shape index (κ1) is 13.1. The van der Waals surface area contributed by atoms with E-state index in [1.165, 1.54) is 0 Å². The summed E-state index contributed by atoms with van der Waals surface area (Å²) >= 11 is 0. The van der Waals surface area contributed by atoms with Gasteiger partial charge in [-0.3, -0.25) is 9.20 Å². The van der Waals surface area contributed by atoms with Gasteiger partial charge in [0.05, 0.1) is 12.3 Å². The molecule has 2 aromatic heterocycles. The number of rotatable bonds is 3. The highest BCUT2D eigenvalue weighted by Crippen LogP contribution is 2.22. The molecule has 1 atom stereocenters. The summed E-state index contributed by atoms with van der Waals surface area (Å²) in [6.07, 6.45) is 4.08. The Balaban J connectivity index is 1.95. The van der Waals surface area contributed by atoms with E-state index in [-0.39, 0.29) is 17.8 Å². The van der Waals surface area contributed by atoms with Gasteiger partial charge in [-0.1, -0.05) is 13.8 Å². The van der Waals surface area contributed by atoms with Gasteiger partial charge in [0.1, 0.15) is 11.3 Å². The molecule has 1 saturated heterocycles. The maximum atomic E-state index is 12.1. The summed E-state index contributed by atoms with van der Waals surface area (Å²) in [6.45, 7) is 5.30. The van der Waals surface area contributed by atoms with Gasteiger partial charge < -0.3 is 10.0 Å². The number of anilines is 1. The average molecular weight is 273 g/mol. The Morgan fingerprint density at radius 1 is 1.50 bits per heavy atom. The van der Waals surface area contributed by atoms with E-state index in [1.54, 1.807) is 6.20 Å². The number of imidazole rings is 1. The predicted octanol–water partition coefficient (Wildman–Crippen LogP) is 1.74. The Kier molecular flexibility index (Phi) is 3.22. The van der Waals surface area contributed by atoms with E-state index in [0.29, 0.717) is 12.2 Å². The molecule has 3 rings (SSSR count). The number of carbonyl (C=O) groups is 1. The summed E-state index contributed by atoms with van der Waals surface area (Å²) in [5.41, 5.74) is 2.44. The van der Waals surface area contributed by atoms with Gasteiger partial charge in [0.15, 0.2) is 5.78 Å². The number of Topliss-reactive ketones (excluding diaryl/α,β-unsaturated/α-hetero) is 1. The lowest BCUT2D eigenvalue weighted by atomic mass is 10.1. The second kappa shape index (κ2) is 4.90. The summed E-state index contributed by atoms with van der Waals surface area (Å²) in [7, 11) is 0. The Morgan fingerprint density at radius 3 is 2.95 bits per heavy atom. The molecule has 20 heavy (non-hydrogen) atoms. The van der Waals surface area contributed by atoms with E-state index in [9.17, 15) is 9.90 Å². The van der Waals surface area contributed by atoms with Crippen LogP contribution in [0.1, 0.15) is 30.8 Å². The van der Waals surface area contributed by atoms with Crippen LogP contribution in [0.25, 0.3) is 5.65 Å². The second-order valence-electron chi connectivity index (χ2n) is 5.66. The number of fused-ring (bicyclic) bond motifs is 1. The van der Waals surface area contributed by atoms with Gasteiger partial charge in [-0.05, 0) is 12.5 Å². The topological polar surface area (TPSA) is 57.8 Å². The van der Waals surface area contributed by atoms with Crippen molar-refractivity contribution in [3.63, 3.8) is 0 Å². The highest BCUT2D eigenvalue weighted by Gasteiger charge is 2.21. The van der Waals surface area contributed by atoms with E-state index in [1.807, 2.05) is 36.6 Å². The van der Waals surface area contributed by atoms with Crippen molar-refractivity contribution in [1.29, 1.82) is 0 Å². The number of aromatic nitrogens is 2. The molecule has 0 radical (unpaired) electrons. The maximum absolute atomic E-state index is 12.1. The largest absolute Gasteiger partial charge is 0.391 e. The quantitative estimate of drug-likeness (QED) is 0.866. The van der Waals surface area contributed by atoms with Crippen LogP contribution in [0.4, 0.5) is 5.69 Å². The molecule has 0 saturated carbocycles. The molecule has 0 spiro atoms. The Morgan fingerprint density at radius 2 is 2.30 bits per heavy atom. The second-order valence-corrected chi connectivity index (χ2v) is 5.66.